The summed E-state index contributed by atoms with van der Waals surface area (Å²) < 4.78 is 2.44. The second-order valence-electron chi connectivity index (χ2n) is 12.1. The molecule has 0 N–H and O–H groups in total. The SMILES string of the molecule is c1ccc(-c2ccc(-c3ccc(-c4cccc(-c5nc(-c6ccccc6)nc(-c6cccc7c6sc6ccccc67)n5)c4)cc3)cc2)cc1. The first kappa shape index (κ1) is 29.0. The van der Waals surface area contributed by atoms with Gasteiger partial charge in [0.25, 0.3) is 0 Å². The number of hydrogen-bond donors (Lipinski definition) is 0. The fourth-order valence-corrected chi connectivity index (χ4v) is 7.66. The van der Waals surface area contributed by atoms with Crippen molar-refractivity contribution in [2.75, 3.05) is 0 Å². The van der Waals surface area contributed by atoms with Crippen LogP contribution in [0.3, 0.4) is 0 Å². The maximum absolute atomic E-state index is 5.12. The molecule has 0 aliphatic heterocycles. The van der Waals surface area contributed by atoms with Crippen LogP contribution in [0, 0.1) is 0 Å². The van der Waals surface area contributed by atoms with Crippen LogP contribution in [0.1, 0.15) is 0 Å². The molecule has 0 unspecified atom stereocenters. The Morgan fingerprint density at radius 2 is 0.755 bits per heavy atom. The highest BCUT2D eigenvalue weighted by Gasteiger charge is 2.17. The van der Waals surface area contributed by atoms with Gasteiger partial charge in [0.1, 0.15) is 0 Å². The zero-order valence-electron chi connectivity index (χ0n) is 26.5. The Morgan fingerprint density at radius 3 is 1.43 bits per heavy atom. The third kappa shape index (κ3) is 5.58. The number of benzene rings is 7. The molecule has 7 aromatic carbocycles. The van der Waals surface area contributed by atoms with Crippen molar-refractivity contribution in [3.05, 3.63) is 176 Å². The van der Waals surface area contributed by atoms with Crippen molar-refractivity contribution < 1.29 is 0 Å². The van der Waals surface area contributed by atoms with E-state index in [2.05, 4.69) is 152 Å². The van der Waals surface area contributed by atoms with Gasteiger partial charge in [-0.25, -0.2) is 15.0 Å². The lowest BCUT2D eigenvalue weighted by Crippen LogP contribution is -2.00. The van der Waals surface area contributed by atoms with E-state index in [-0.39, 0.29) is 0 Å². The second kappa shape index (κ2) is 12.4. The van der Waals surface area contributed by atoms with Crippen LogP contribution in [0.25, 0.3) is 87.7 Å². The minimum Gasteiger partial charge on any atom is -0.208 e. The Morgan fingerprint density at radius 1 is 0.306 bits per heavy atom. The molecular weight excluding hydrogens is 615 g/mol. The minimum atomic E-state index is 0.652. The van der Waals surface area contributed by atoms with E-state index in [0.717, 1.165) is 27.8 Å². The highest BCUT2D eigenvalue weighted by molar-refractivity contribution is 7.26. The molecule has 9 rings (SSSR count). The topological polar surface area (TPSA) is 38.7 Å². The molecule has 49 heavy (non-hydrogen) atoms. The molecular formula is C45H29N3S. The fourth-order valence-electron chi connectivity index (χ4n) is 6.44. The Bertz CT molecular complexity index is 2570. The predicted molar refractivity (Wildman–Crippen MR) is 205 cm³/mol. The maximum atomic E-state index is 5.12. The first-order valence-electron chi connectivity index (χ1n) is 16.4. The summed E-state index contributed by atoms with van der Waals surface area (Å²) in [5.74, 6) is 1.99. The van der Waals surface area contributed by atoms with E-state index in [1.165, 1.54) is 42.4 Å². The zero-order chi connectivity index (χ0) is 32.6. The zero-order valence-corrected chi connectivity index (χ0v) is 27.3. The quantitative estimate of drug-likeness (QED) is 0.181. The van der Waals surface area contributed by atoms with Crippen molar-refractivity contribution in [2.24, 2.45) is 0 Å². The van der Waals surface area contributed by atoms with Crippen molar-refractivity contribution in [1.82, 2.24) is 15.0 Å². The lowest BCUT2D eigenvalue weighted by molar-refractivity contribution is 1.08. The second-order valence-corrected chi connectivity index (χ2v) is 13.1. The van der Waals surface area contributed by atoms with Crippen molar-refractivity contribution in [3.63, 3.8) is 0 Å². The van der Waals surface area contributed by atoms with Crippen molar-refractivity contribution >= 4 is 31.5 Å². The first-order chi connectivity index (χ1) is 24.3. The molecule has 2 aromatic heterocycles. The number of hydrogen-bond acceptors (Lipinski definition) is 4. The highest BCUT2D eigenvalue weighted by Crippen LogP contribution is 2.39. The van der Waals surface area contributed by atoms with Gasteiger partial charge < -0.3 is 0 Å². The van der Waals surface area contributed by atoms with E-state index in [0.29, 0.717) is 17.5 Å². The van der Waals surface area contributed by atoms with Gasteiger partial charge in [-0.1, -0.05) is 158 Å². The molecule has 0 atom stereocenters. The molecule has 0 bridgehead atoms. The third-order valence-electron chi connectivity index (χ3n) is 8.98. The molecule has 0 amide bonds. The molecule has 0 spiro atoms. The molecule has 0 aliphatic carbocycles. The number of nitrogens with zero attached hydrogens (tertiary/aromatic N) is 3. The Balaban J connectivity index is 1.09. The largest absolute Gasteiger partial charge is 0.208 e. The van der Waals surface area contributed by atoms with Gasteiger partial charge in [-0.3, -0.25) is 0 Å². The molecule has 9 aromatic rings. The van der Waals surface area contributed by atoms with E-state index < -0.39 is 0 Å². The van der Waals surface area contributed by atoms with Crippen molar-refractivity contribution in [2.45, 2.75) is 0 Å². The van der Waals surface area contributed by atoms with Crippen LogP contribution < -0.4 is 0 Å². The maximum Gasteiger partial charge on any atom is 0.165 e. The standard InChI is InChI=1S/C45H29N3S/c1-3-11-30(12-4-1)31-21-23-32(24-22-31)33-25-27-34(28-26-33)36-15-9-16-37(29-36)44-46-43(35-13-5-2-6-14-35)47-45(48-44)40-19-10-18-39-38-17-7-8-20-41(38)49-42(39)40/h1-29H. The molecule has 3 nitrogen and oxygen atoms in total. The molecule has 230 valence electrons. The van der Waals surface area contributed by atoms with Gasteiger partial charge in [0.15, 0.2) is 17.5 Å². The van der Waals surface area contributed by atoms with Gasteiger partial charge in [0.05, 0.1) is 0 Å². The highest BCUT2D eigenvalue weighted by atomic mass is 32.1. The minimum absolute atomic E-state index is 0.652. The molecule has 0 saturated carbocycles. The molecule has 0 fully saturated rings. The molecule has 4 heteroatoms. The van der Waals surface area contributed by atoms with Gasteiger partial charge in [-0.15, -0.1) is 11.3 Å². The molecule has 0 radical (unpaired) electrons. The Labute approximate surface area is 288 Å². The normalized spacial score (nSPS) is 11.3. The summed E-state index contributed by atoms with van der Waals surface area (Å²) in [6.07, 6.45) is 0. The molecule has 0 aliphatic rings. The van der Waals surface area contributed by atoms with Crippen LogP contribution >= 0.6 is 11.3 Å². The van der Waals surface area contributed by atoms with E-state index in [9.17, 15) is 0 Å². The molecule has 2 heterocycles. The van der Waals surface area contributed by atoms with E-state index in [1.54, 1.807) is 11.3 Å². The van der Waals surface area contributed by atoms with Crippen molar-refractivity contribution in [3.8, 4) is 67.5 Å². The van der Waals surface area contributed by atoms with Gasteiger partial charge in [-0.05, 0) is 51.6 Å². The molecule has 0 saturated heterocycles. The number of thiophene rings is 1. The lowest BCUT2D eigenvalue weighted by Gasteiger charge is -2.11. The van der Waals surface area contributed by atoms with Crippen LogP contribution in [0.15, 0.2) is 176 Å². The van der Waals surface area contributed by atoms with E-state index in [1.807, 2.05) is 24.3 Å². The fraction of sp³-hybridized carbons (Fsp3) is 0. The third-order valence-corrected chi connectivity index (χ3v) is 10.2. The van der Waals surface area contributed by atoms with Gasteiger partial charge in [0.2, 0.25) is 0 Å². The van der Waals surface area contributed by atoms with E-state index in [4.69, 9.17) is 15.0 Å². The summed E-state index contributed by atoms with van der Waals surface area (Å²) in [4.78, 5) is 15.2. The number of rotatable bonds is 6. The van der Waals surface area contributed by atoms with Gasteiger partial charge in [0, 0.05) is 36.9 Å². The Hall–Kier alpha value is -6.23. The average molecular weight is 644 g/mol. The predicted octanol–water partition coefficient (Wildman–Crippen LogP) is 12.2. The first-order valence-corrected chi connectivity index (χ1v) is 17.2. The van der Waals surface area contributed by atoms with Crippen LogP contribution in [0.2, 0.25) is 0 Å². The number of aromatic nitrogens is 3. The van der Waals surface area contributed by atoms with Crippen LogP contribution in [-0.2, 0) is 0 Å². The Kier molecular flexibility index (Phi) is 7.34. The smallest absolute Gasteiger partial charge is 0.165 e. The van der Waals surface area contributed by atoms with E-state index >= 15 is 0 Å². The average Bonchev–Trinajstić information content (AvgIpc) is 3.58. The van der Waals surface area contributed by atoms with Crippen LogP contribution in [0.5, 0.6) is 0 Å². The van der Waals surface area contributed by atoms with Crippen LogP contribution in [0.4, 0.5) is 0 Å². The number of fused-ring (bicyclic) bond motifs is 3. The summed E-state index contributed by atoms with van der Waals surface area (Å²) in [5, 5.41) is 2.48. The van der Waals surface area contributed by atoms with Crippen molar-refractivity contribution in [1.29, 1.82) is 0 Å². The summed E-state index contributed by atoms with van der Waals surface area (Å²) >= 11 is 1.78. The van der Waals surface area contributed by atoms with Gasteiger partial charge >= 0.3 is 0 Å². The van der Waals surface area contributed by atoms with Crippen LogP contribution in [-0.4, -0.2) is 15.0 Å². The summed E-state index contributed by atoms with van der Waals surface area (Å²) in [6, 6.07) is 61.6. The monoisotopic (exact) mass is 643 g/mol. The summed E-state index contributed by atoms with van der Waals surface area (Å²) in [6.45, 7) is 0. The summed E-state index contributed by atoms with van der Waals surface area (Å²) in [7, 11) is 0. The lowest BCUT2D eigenvalue weighted by atomic mass is 9.97. The summed E-state index contributed by atoms with van der Waals surface area (Å²) in [5.41, 5.74) is 9.99. The van der Waals surface area contributed by atoms with Gasteiger partial charge in [-0.2, -0.15) is 0 Å².